The molecular weight excluding hydrogens is 436 g/mol. The average Bonchev–Trinajstić information content (AvgIpc) is 3.38. The van der Waals surface area contributed by atoms with Gasteiger partial charge in [0.15, 0.2) is 0 Å². The number of anilines is 1. The smallest absolute Gasteiger partial charge is 0.243 e. The van der Waals surface area contributed by atoms with Gasteiger partial charge in [0.25, 0.3) is 0 Å². The van der Waals surface area contributed by atoms with Gasteiger partial charge in [0, 0.05) is 44.8 Å². The molecule has 0 atom stereocenters. The second-order valence-electron chi connectivity index (χ2n) is 9.34. The monoisotopic (exact) mass is 470 g/mol. The summed E-state index contributed by atoms with van der Waals surface area (Å²) >= 11 is 0. The van der Waals surface area contributed by atoms with Crippen LogP contribution < -0.4 is 10.2 Å². The average molecular weight is 471 g/mol. The first kappa shape index (κ1) is 23.7. The van der Waals surface area contributed by atoms with Gasteiger partial charge in [-0.15, -0.1) is 0 Å². The summed E-state index contributed by atoms with van der Waals surface area (Å²) in [4.78, 5) is 19.8. The molecule has 0 spiro atoms. The summed E-state index contributed by atoms with van der Waals surface area (Å²) in [7, 11) is -3.53. The van der Waals surface area contributed by atoms with Crippen LogP contribution in [0.2, 0.25) is 0 Å². The number of carbonyl (C=O) groups excluding carboxylic acids is 1. The van der Waals surface area contributed by atoms with E-state index in [0.29, 0.717) is 43.3 Å². The molecule has 0 unspecified atom stereocenters. The predicted octanol–water partition coefficient (Wildman–Crippen LogP) is 3.52. The zero-order valence-electron chi connectivity index (χ0n) is 19.5. The van der Waals surface area contributed by atoms with Gasteiger partial charge < -0.3 is 10.2 Å². The number of nitrogens with zero attached hydrogens (tertiary/aromatic N) is 3. The molecule has 1 N–H and O–H groups in total. The molecule has 0 saturated carbocycles. The Labute approximate surface area is 197 Å². The largest absolute Gasteiger partial charge is 0.357 e. The number of nitrogens with one attached hydrogen (secondary N) is 1. The van der Waals surface area contributed by atoms with Crippen LogP contribution in [-0.4, -0.2) is 49.8 Å². The van der Waals surface area contributed by atoms with Crippen LogP contribution in [-0.2, 0) is 21.4 Å². The first-order valence-corrected chi connectivity index (χ1v) is 13.4. The molecule has 2 aliphatic heterocycles. The topological polar surface area (TPSA) is 82.6 Å². The number of hydrogen-bond acceptors (Lipinski definition) is 5. The van der Waals surface area contributed by atoms with Crippen LogP contribution in [0.25, 0.3) is 0 Å². The van der Waals surface area contributed by atoms with Crippen molar-refractivity contribution in [3.8, 4) is 0 Å². The Balaban J connectivity index is 1.27. The van der Waals surface area contributed by atoms with Gasteiger partial charge in [0.1, 0.15) is 5.82 Å². The zero-order chi connectivity index (χ0) is 23.4. The van der Waals surface area contributed by atoms with Gasteiger partial charge in [0.2, 0.25) is 15.9 Å². The number of carbonyl (C=O) groups is 1. The van der Waals surface area contributed by atoms with Crippen LogP contribution in [0.4, 0.5) is 5.82 Å². The fourth-order valence-corrected chi connectivity index (χ4v) is 5.99. The van der Waals surface area contributed by atoms with Gasteiger partial charge in [-0.25, -0.2) is 13.4 Å². The van der Waals surface area contributed by atoms with E-state index >= 15 is 0 Å². The van der Waals surface area contributed by atoms with Crippen molar-refractivity contribution in [3.05, 3.63) is 53.7 Å². The molecule has 1 aromatic heterocycles. The highest BCUT2D eigenvalue weighted by atomic mass is 32.2. The number of piperidine rings is 1. The van der Waals surface area contributed by atoms with Gasteiger partial charge in [-0.3, -0.25) is 4.79 Å². The third kappa shape index (κ3) is 5.55. The second kappa shape index (κ2) is 10.2. The highest BCUT2D eigenvalue weighted by Gasteiger charge is 2.32. The summed E-state index contributed by atoms with van der Waals surface area (Å²) in [5.74, 6) is 1.17. The number of sulfonamides is 1. The summed E-state index contributed by atoms with van der Waals surface area (Å²) in [6.07, 6.45) is 5.31. The zero-order valence-corrected chi connectivity index (χ0v) is 20.4. The molecule has 8 heteroatoms. The second-order valence-corrected chi connectivity index (χ2v) is 11.3. The van der Waals surface area contributed by atoms with Gasteiger partial charge in [-0.05, 0) is 60.9 Å². The van der Waals surface area contributed by atoms with Crippen molar-refractivity contribution in [2.75, 3.05) is 31.1 Å². The van der Waals surface area contributed by atoms with E-state index in [9.17, 15) is 13.2 Å². The van der Waals surface area contributed by atoms with E-state index in [0.717, 1.165) is 30.0 Å². The summed E-state index contributed by atoms with van der Waals surface area (Å²) in [6.45, 7) is 7.43. The number of amides is 1. The number of benzene rings is 1. The molecule has 0 bridgehead atoms. The van der Waals surface area contributed by atoms with Crippen molar-refractivity contribution in [2.24, 2.45) is 5.92 Å². The lowest BCUT2D eigenvalue weighted by Crippen LogP contribution is -2.42. The molecule has 1 amide bonds. The molecule has 2 aromatic rings. The van der Waals surface area contributed by atoms with Crippen molar-refractivity contribution in [1.29, 1.82) is 0 Å². The molecule has 7 nitrogen and oxygen atoms in total. The summed E-state index contributed by atoms with van der Waals surface area (Å²) in [6, 6.07) is 11.2. The maximum absolute atomic E-state index is 13.0. The van der Waals surface area contributed by atoms with Crippen molar-refractivity contribution in [3.63, 3.8) is 0 Å². The van der Waals surface area contributed by atoms with Crippen LogP contribution in [0.1, 0.15) is 56.6 Å². The van der Waals surface area contributed by atoms with Gasteiger partial charge in [-0.2, -0.15) is 4.31 Å². The highest BCUT2D eigenvalue weighted by Crippen LogP contribution is 2.25. The first-order chi connectivity index (χ1) is 15.8. The van der Waals surface area contributed by atoms with Crippen molar-refractivity contribution in [2.45, 2.75) is 56.9 Å². The standard InChI is InChI=1S/C25H34N4O3S/c1-19(2)21-6-8-23(9-7-21)33(31,32)29-15-11-22(12-16-29)25(30)27-18-20-5-10-24(26-17-20)28-13-3-4-14-28/h5-10,17,19,22H,3-4,11-16,18H2,1-2H3,(H,27,30). The van der Waals surface area contributed by atoms with Crippen LogP contribution in [0, 0.1) is 5.92 Å². The van der Waals surface area contributed by atoms with E-state index in [2.05, 4.69) is 29.0 Å². The number of pyridine rings is 1. The van der Waals surface area contributed by atoms with E-state index < -0.39 is 10.0 Å². The Kier molecular flexibility index (Phi) is 7.34. The Hall–Kier alpha value is -2.45. The van der Waals surface area contributed by atoms with Crippen molar-refractivity contribution in [1.82, 2.24) is 14.6 Å². The minimum absolute atomic E-state index is 0.0167. The molecule has 3 heterocycles. The third-order valence-corrected chi connectivity index (χ3v) is 8.63. The maximum atomic E-state index is 13.0. The molecule has 1 aromatic carbocycles. The van der Waals surface area contributed by atoms with Gasteiger partial charge >= 0.3 is 0 Å². The maximum Gasteiger partial charge on any atom is 0.243 e. The van der Waals surface area contributed by atoms with E-state index in [1.807, 2.05) is 30.5 Å². The lowest BCUT2D eigenvalue weighted by Gasteiger charge is -2.30. The molecular formula is C25H34N4O3S. The minimum atomic E-state index is -3.53. The summed E-state index contributed by atoms with van der Waals surface area (Å²) < 4.78 is 27.5. The van der Waals surface area contributed by atoms with Gasteiger partial charge in [-0.1, -0.05) is 32.0 Å². The van der Waals surface area contributed by atoms with E-state index in [1.54, 1.807) is 12.1 Å². The van der Waals surface area contributed by atoms with Crippen LogP contribution in [0.5, 0.6) is 0 Å². The lowest BCUT2D eigenvalue weighted by atomic mass is 9.97. The van der Waals surface area contributed by atoms with Crippen LogP contribution in [0.15, 0.2) is 47.5 Å². The first-order valence-electron chi connectivity index (χ1n) is 11.9. The number of aromatic nitrogens is 1. The van der Waals surface area contributed by atoms with E-state index in [1.165, 1.54) is 17.1 Å². The van der Waals surface area contributed by atoms with E-state index in [-0.39, 0.29) is 11.8 Å². The normalized spacial score (nSPS) is 18.1. The Morgan fingerprint density at radius 1 is 1.03 bits per heavy atom. The molecule has 0 aliphatic carbocycles. The summed E-state index contributed by atoms with van der Waals surface area (Å²) in [5, 5.41) is 3.00. The van der Waals surface area contributed by atoms with Crippen LogP contribution >= 0.6 is 0 Å². The molecule has 0 radical (unpaired) electrons. The Morgan fingerprint density at radius 2 is 1.70 bits per heavy atom. The predicted molar refractivity (Wildman–Crippen MR) is 130 cm³/mol. The fourth-order valence-electron chi connectivity index (χ4n) is 4.52. The number of rotatable bonds is 7. The number of hydrogen-bond donors (Lipinski definition) is 1. The highest BCUT2D eigenvalue weighted by molar-refractivity contribution is 7.89. The SMILES string of the molecule is CC(C)c1ccc(S(=O)(=O)N2CCC(C(=O)NCc3ccc(N4CCCC4)nc3)CC2)cc1. The van der Waals surface area contributed by atoms with Crippen LogP contribution in [0.3, 0.4) is 0 Å². The molecule has 33 heavy (non-hydrogen) atoms. The fraction of sp³-hybridized carbons (Fsp3) is 0.520. The molecule has 178 valence electrons. The van der Waals surface area contributed by atoms with Crippen molar-refractivity contribution >= 4 is 21.7 Å². The van der Waals surface area contributed by atoms with Gasteiger partial charge in [0.05, 0.1) is 4.90 Å². The van der Waals surface area contributed by atoms with E-state index in [4.69, 9.17) is 0 Å². The molecule has 2 saturated heterocycles. The minimum Gasteiger partial charge on any atom is -0.357 e. The Bertz CT molecular complexity index is 1040. The summed E-state index contributed by atoms with van der Waals surface area (Å²) in [5.41, 5.74) is 2.08. The molecule has 2 aliphatic rings. The molecule has 4 rings (SSSR count). The molecule has 2 fully saturated rings. The lowest BCUT2D eigenvalue weighted by molar-refractivity contribution is -0.126. The Morgan fingerprint density at radius 3 is 2.27 bits per heavy atom. The van der Waals surface area contributed by atoms with Crippen molar-refractivity contribution < 1.29 is 13.2 Å². The quantitative estimate of drug-likeness (QED) is 0.670. The third-order valence-electron chi connectivity index (χ3n) is 6.72.